The minimum Gasteiger partial charge on any atom is -0.481 e. The predicted octanol–water partition coefficient (Wildman–Crippen LogP) is 3.99. The van der Waals surface area contributed by atoms with Gasteiger partial charge in [0.15, 0.2) is 0 Å². The van der Waals surface area contributed by atoms with Crippen LogP contribution in [0.15, 0.2) is 18.2 Å². The van der Waals surface area contributed by atoms with Crippen LogP contribution in [0.1, 0.15) is 34.1 Å². The lowest BCUT2D eigenvalue weighted by Crippen LogP contribution is -2.39. The van der Waals surface area contributed by atoms with Gasteiger partial charge in [-0.15, -0.1) is 0 Å². The topological polar surface area (TPSA) is 25.4 Å². The first kappa shape index (κ1) is 17.6. The number of aromatic nitrogens is 1. The molecule has 0 spiro atoms. The number of ether oxygens (including phenoxy) is 1. The van der Waals surface area contributed by atoms with Crippen molar-refractivity contribution in [3.63, 3.8) is 0 Å². The Labute approximate surface area is 114 Å². The fourth-order valence-corrected chi connectivity index (χ4v) is 1.76. The predicted molar refractivity (Wildman–Crippen MR) is 75.3 cm³/mol. The Morgan fingerprint density at radius 2 is 1.79 bits per heavy atom. The molecule has 0 amide bonds. The van der Waals surface area contributed by atoms with E-state index in [-0.39, 0.29) is 20.3 Å². The van der Waals surface area contributed by atoms with Gasteiger partial charge in [0, 0.05) is 32.0 Å². The van der Waals surface area contributed by atoms with Gasteiger partial charge in [0.25, 0.3) is 5.92 Å². The van der Waals surface area contributed by atoms with Crippen LogP contribution in [-0.2, 0) is 0 Å². The molecule has 0 unspecified atom stereocenters. The van der Waals surface area contributed by atoms with Crippen molar-refractivity contribution in [2.24, 2.45) is 0 Å². The first-order valence-corrected chi connectivity index (χ1v) is 6.24. The summed E-state index contributed by atoms with van der Waals surface area (Å²) in [6, 6.07) is 5.36. The molecule has 0 bridgehead atoms. The van der Waals surface area contributed by atoms with Gasteiger partial charge in [-0.1, -0.05) is 27.3 Å². The van der Waals surface area contributed by atoms with E-state index in [0.29, 0.717) is 24.8 Å². The van der Waals surface area contributed by atoms with Crippen LogP contribution in [0.4, 0.5) is 14.6 Å². The van der Waals surface area contributed by atoms with Gasteiger partial charge in [0.1, 0.15) is 5.82 Å². The average Bonchev–Trinajstić information content (AvgIpc) is 2.41. The molecule has 1 aromatic heterocycles. The molecule has 2 heterocycles. The molecule has 19 heavy (non-hydrogen) atoms. The number of hydrogen-bond acceptors (Lipinski definition) is 3. The number of halogens is 2. The molecule has 1 saturated heterocycles. The van der Waals surface area contributed by atoms with Crippen LogP contribution in [-0.4, -0.2) is 31.1 Å². The zero-order valence-corrected chi connectivity index (χ0v) is 11.1. The lowest BCUT2D eigenvalue weighted by atomic mass is 10.1. The lowest BCUT2D eigenvalue weighted by Gasteiger charge is -2.32. The summed E-state index contributed by atoms with van der Waals surface area (Å²) in [6.07, 6.45) is -0.211. The van der Waals surface area contributed by atoms with E-state index < -0.39 is 5.92 Å². The van der Waals surface area contributed by atoms with E-state index in [2.05, 4.69) is 4.98 Å². The molecule has 5 heteroatoms. The highest BCUT2D eigenvalue weighted by Gasteiger charge is 2.34. The molecule has 0 radical (unpaired) electrons. The molecule has 110 valence electrons. The second kappa shape index (κ2) is 7.92. The van der Waals surface area contributed by atoms with Crippen LogP contribution in [0.25, 0.3) is 0 Å². The van der Waals surface area contributed by atoms with Crippen LogP contribution in [0.2, 0.25) is 0 Å². The van der Waals surface area contributed by atoms with Crippen LogP contribution >= 0.6 is 0 Å². The summed E-state index contributed by atoms with van der Waals surface area (Å²) in [4.78, 5) is 6.08. The van der Waals surface area contributed by atoms with E-state index in [1.807, 2.05) is 30.9 Å². The molecule has 1 aromatic rings. The maximum absolute atomic E-state index is 13.0. The molecule has 2 rings (SSSR count). The van der Waals surface area contributed by atoms with E-state index in [0.717, 1.165) is 0 Å². The Morgan fingerprint density at radius 3 is 2.32 bits per heavy atom. The van der Waals surface area contributed by atoms with E-state index in [1.165, 1.54) is 7.11 Å². The van der Waals surface area contributed by atoms with Gasteiger partial charge in [-0.2, -0.15) is 4.98 Å². The third kappa shape index (κ3) is 5.01. The van der Waals surface area contributed by atoms with Crippen molar-refractivity contribution in [1.82, 2.24) is 4.98 Å². The summed E-state index contributed by atoms with van der Waals surface area (Å²) in [6.45, 7) is 4.68. The summed E-state index contributed by atoms with van der Waals surface area (Å²) in [5.41, 5.74) is 0. The van der Waals surface area contributed by atoms with Gasteiger partial charge in [0.05, 0.1) is 7.11 Å². The lowest BCUT2D eigenvalue weighted by molar-refractivity contribution is -0.0221. The van der Waals surface area contributed by atoms with Crippen molar-refractivity contribution < 1.29 is 13.5 Å². The Morgan fingerprint density at radius 1 is 1.21 bits per heavy atom. The molecule has 0 atom stereocenters. The molecule has 1 fully saturated rings. The Balaban J connectivity index is 0.00000103. The van der Waals surface area contributed by atoms with Gasteiger partial charge >= 0.3 is 0 Å². The van der Waals surface area contributed by atoms with Crippen molar-refractivity contribution >= 4 is 5.82 Å². The largest absolute Gasteiger partial charge is 0.481 e. The van der Waals surface area contributed by atoms with Crippen molar-refractivity contribution in [1.29, 1.82) is 0 Å². The van der Waals surface area contributed by atoms with Crippen LogP contribution in [0.5, 0.6) is 5.88 Å². The maximum Gasteiger partial charge on any atom is 0.251 e. The summed E-state index contributed by atoms with van der Waals surface area (Å²) in [5.74, 6) is -1.31. The Kier molecular flexibility index (Phi) is 7.34. The van der Waals surface area contributed by atoms with Crippen LogP contribution in [0, 0.1) is 0 Å². The quantitative estimate of drug-likeness (QED) is 0.815. The highest BCUT2D eigenvalue weighted by molar-refractivity contribution is 5.41. The number of hydrogen-bond donors (Lipinski definition) is 0. The highest BCUT2D eigenvalue weighted by Crippen LogP contribution is 2.30. The van der Waals surface area contributed by atoms with Gasteiger partial charge in [-0.05, 0) is 6.07 Å². The second-order valence-electron chi connectivity index (χ2n) is 3.88. The van der Waals surface area contributed by atoms with Gasteiger partial charge in [0.2, 0.25) is 5.88 Å². The molecule has 3 nitrogen and oxygen atoms in total. The number of piperidine rings is 1. The number of anilines is 1. The molecule has 0 saturated carbocycles. The van der Waals surface area contributed by atoms with E-state index >= 15 is 0 Å². The van der Waals surface area contributed by atoms with Crippen molar-refractivity contribution in [3.8, 4) is 5.88 Å². The normalized spacial score (nSPS) is 16.8. The number of alkyl halides is 2. The molecule has 0 aliphatic carbocycles. The van der Waals surface area contributed by atoms with Crippen LogP contribution < -0.4 is 9.64 Å². The highest BCUT2D eigenvalue weighted by atomic mass is 19.3. The summed E-state index contributed by atoms with van der Waals surface area (Å²) in [5, 5.41) is 0. The molecular weight excluding hydrogens is 250 g/mol. The third-order valence-electron chi connectivity index (χ3n) is 2.74. The fraction of sp³-hybridized carbons (Fsp3) is 0.643. The molecule has 0 N–H and O–H groups in total. The summed E-state index contributed by atoms with van der Waals surface area (Å²) in [7, 11) is 1.54. The molecule has 0 aromatic carbocycles. The number of pyridine rings is 1. The summed E-state index contributed by atoms with van der Waals surface area (Å²) >= 11 is 0. The van der Waals surface area contributed by atoms with Crippen LogP contribution in [0.3, 0.4) is 0 Å². The second-order valence-corrected chi connectivity index (χ2v) is 3.88. The monoisotopic (exact) mass is 274 g/mol. The van der Waals surface area contributed by atoms with E-state index in [4.69, 9.17) is 4.74 Å². The standard InChI is InChI=1S/C11H14F2N2O.C2H6.CH4/c1-16-10-4-2-3-9(14-10)15-7-5-11(12,13)6-8-15;1-2;/h2-4H,5-8H2,1H3;1-2H3;1H4. The van der Waals surface area contributed by atoms with Crippen molar-refractivity contribution in [2.75, 3.05) is 25.1 Å². The Bertz CT molecular complexity index is 362. The van der Waals surface area contributed by atoms with Gasteiger partial charge in [-0.3, -0.25) is 0 Å². The van der Waals surface area contributed by atoms with Gasteiger partial charge in [-0.25, -0.2) is 8.78 Å². The minimum atomic E-state index is -2.52. The fourth-order valence-electron chi connectivity index (χ4n) is 1.76. The number of nitrogens with zero attached hydrogens (tertiary/aromatic N) is 2. The molecule has 1 aliphatic heterocycles. The Hall–Kier alpha value is -1.39. The number of rotatable bonds is 2. The first-order chi connectivity index (χ1) is 8.61. The molecular formula is C14H24F2N2O. The average molecular weight is 274 g/mol. The zero-order valence-electron chi connectivity index (χ0n) is 11.1. The van der Waals surface area contributed by atoms with E-state index in [9.17, 15) is 8.78 Å². The first-order valence-electron chi connectivity index (χ1n) is 6.24. The zero-order chi connectivity index (χ0) is 13.6. The third-order valence-corrected chi connectivity index (χ3v) is 2.74. The SMILES string of the molecule is C.CC.COc1cccc(N2CCC(F)(F)CC2)n1. The van der Waals surface area contributed by atoms with Crippen molar-refractivity contribution in [3.05, 3.63) is 18.2 Å². The van der Waals surface area contributed by atoms with Gasteiger partial charge < -0.3 is 9.64 Å². The minimum absolute atomic E-state index is 0. The van der Waals surface area contributed by atoms with E-state index in [1.54, 1.807) is 6.07 Å². The molecule has 1 aliphatic rings. The summed E-state index contributed by atoms with van der Waals surface area (Å²) < 4.78 is 30.9. The van der Waals surface area contributed by atoms with Crippen molar-refractivity contribution in [2.45, 2.75) is 40.0 Å². The smallest absolute Gasteiger partial charge is 0.251 e. The number of methoxy groups -OCH3 is 1. The maximum atomic E-state index is 13.0.